The Labute approximate surface area is 119 Å². The van der Waals surface area contributed by atoms with Crippen LogP contribution in [-0.2, 0) is 6.54 Å². The van der Waals surface area contributed by atoms with Gasteiger partial charge in [-0.05, 0) is 51.0 Å². The van der Waals surface area contributed by atoms with Crippen LogP contribution in [0.5, 0.6) is 0 Å². The zero-order valence-electron chi connectivity index (χ0n) is 12.7. The lowest BCUT2D eigenvalue weighted by atomic mass is 10.0. The van der Waals surface area contributed by atoms with Crippen molar-refractivity contribution in [2.24, 2.45) is 0 Å². The minimum absolute atomic E-state index is 0.0121. The standard InChI is InChI=1S/C15H23F3N2/c1-11-8-13(20(5)10-15(16,17)18)7-6-12(11)9-19-14(2,3)4/h6-8,19H,9-10H2,1-5H3. The summed E-state index contributed by atoms with van der Waals surface area (Å²) in [5.41, 5.74) is 2.69. The smallest absolute Gasteiger partial charge is 0.366 e. The number of hydrogen-bond donors (Lipinski definition) is 1. The van der Waals surface area contributed by atoms with E-state index in [0.717, 1.165) is 11.1 Å². The average Bonchev–Trinajstić information content (AvgIpc) is 2.23. The molecule has 0 radical (unpaired) electrons. The fourth-order valence-corrected chi connectivity index (χ4v) is 1.84. The van der Waals surface area contributed by atoms with Crippen LogP contribution < -0.4 is 10.2 Å². The Morgan fingerprint density at radius 1 is 1.15 bits per heavy atom. The van der Waals surface area contributed by atoms with Crippen molar-refractivity contribution < 1.29 is 13.2 Å². The first-order chi connectivity index (χ1) is 8.98. The normalized spacial score (nSPS) is 12.6. The van der Waals surface area contributed by atoms with Gasteiger partial charge in [0.1, 0.15) is 6.54 Å². The van der Waals surface area contributed by atoms with Crippen LogP contribution >= 0.6 is 0 Å². The molecule has 0 aliphatic heterocycles. The summed E-state index contributed by atoms with van der Waals surface area (Å²) in [4.78, 5) is 1.22. The Morgan fingerprint density at radius 3 is 2.20 bits per heavy atom. The summed E-state index contributed by atoms with van der Waals surface area (Å²) in [7, 11) is 1.45. The predicted octanol–water partition coefficient (Wildman–Crippen LogP) is 3.88. The predicted molar refractivity (Wildman–Crippen MR) is 77.1 cm³/mol. The largest absolute Gasteiger partial charge is 0.405 e. The highest BCUT2D eigenvalue weighted by molar-refractivity contribution is 5.50. The van der Waals surface area contributed by atoms with Crippen LogP contribution in [0.2, 0.25) is 0 Å². The second-order valence-corrected chi connectivity index (χ2v) is 6.19. The van der Waals surface area contributed by atoms with Crippen molar-refractivity contribution in [2.75, 3.05) is 18.5 Å². The van der Waals surface area contributed by atoms with Gasteiger partial charge in [0, 0.05) is 24.8 Å². The summed E-state index contributed by atoms with van der Waals surface area (Å²) in [6, 6.07) is 5.42. The van der Waals surface area contributed by atoms with Gasteiger partial charge in [0.25, 0.3) is 0 Å². The maximum Gasteiger partial charge on any atom is 0.405 e. The van der Waals surface area contributed by atoms with E-state index in [0.29, 0.717) is 12.2 Å². The molecule has 0 heterocycles. The Morgan fingerprint density at radius 2 is 1.75 bits per heavy atom. The van der Waals surface area contributed by atoms with Gasteiger partial charge >= 0.3 is 6.18 Å². The maximum atomic E-state index is 12.4. The molecule has 0 saturated heterocycles. The molecular weight excluding hydrogens is 265 g/mol. The second kappa shape index (κ2) is 6.04. The first-order valence-electron chi connectivity index (χ1n) is 6.60. The van der Waals surface area contributed by atoms with E-state index in [1.54, 1.807) is 12.1 Å². The van der Waals surface area contributed by atoms with Gasteiger partial charge in [-0.15, -0.1) is 0 Å². The molecule has 0 aliphatic carbocycles. The number of alkyl halides is 3. The molecule has 1 aromatic carbocycles. The van der Waals surface area contributed by atoms with Crippen LogP contribution in [0.25, 0.3) is 0 Å². The Balaban J connectivity index is 2.77. The van der Waals surface area contributed by atoms with Crippen molar-refractivity contribution in [1.82, 2.24) is 5.32 Å². The summed E-state index contributed by atoms with van der Waals surface area (Å²) >= 11 is 0. The summed E-state index contributed by atoms with van der Waals surface area (Å²) in [5, 5.41) is 3.37. The number of hydrogen-bond acceptors (Lipinski definition) is 2. The third-order valence-corrected chi connectivity index (χ3v) is 2.99. The molecule has 0 bridgehead atoms. The van der Waals surface area contributed by atoms with E-state index in [2.05, 4.69) is 26.1 Å². The van der Waals surface area contributed by atoms with Crippen LogP contribution in [-0.4, -0.2) is 25.3 Å². The molecule has 0 aliphatic rings. The molecule has 0 spiro atoms. The Hall–Kier alpha value is -1.23. The summed E-state index contributed by atoms with van der Waals surface area (Å²) < 4.78 is 37.1. The van der Waals surface area contributed by atoms with Gasteiger partial charge in [-0.1, -0.05) is 6.07 Å². The molecule has 0 fully saturated rings. The molecule has 0 saturated carbocycles. The number of benzene rings is 1. The maximum absolute atomic E-state index is 12.4. The topological polar surface area (TPSA) is 15.3 Å². The van der Waals surface area contributed by atoms with Crippen molar-refractivity contribution >= 4 is 5.69 Å². The number of nitrogens with zero attached hydrogens (tertiary/aromatic N) is 1. The zero-order valence-corrected chi connectivity index (χ0v) is 12.7. The van der Waals surface area contributed by atoms with Crippen LogP contribution in [0.4, 0.5) is 18.9 Å². The first kappa shape index (κ1) is 16.8. The van der Waals surface area contributed by atoms with Crippen LogP contribution in [0.15, 0.2) is 18.2 Å². The molecule has 0 unspecified atom stereocenters. The lowest BCUT2D eigenvalue weighted by Gasteiger charge is -2.24. The van der Waals surface area contributed by atoms with Crippen LogP contribution in [0.3, 0.4) is 0 Å². The molecule has 1 rings (SSSR count). The van der Waals surface area contributed by atoms with Crippen molar-refractivity contribution in [3.05, 3.63) is 29.3 Å². The van der Waals surface area contributed by atoms with Crippen LogP contribution in [0.1, 0.15) is 31.9 Å². The van der Waals surface area contributed by atoms with Gasteiger partial charge in [0.05, 0.1) is 0 Å². The van der Waals surface area contributed by atoms with Gasteiger partial charge in [0.2, 0.25) is 0 Å². The minimum Gasteiger partial charge on any atom is -0.366 e. The fraction of sp³-hybridized carbons (Fsp3) is 0.600. The van der Waals surface area contributed by atoms with Gasteiger partial charge in [-0.2, -0.15) is 13.2 Å². The number of aryl methyl sites for hydroxylation is 1. The van der Waals surface area contributed by atoms with E-state index in [1.807, 2.05) is 13.0 Å². The molecule has 2 nitrogen and oxygen atoms in total. The van der Waals surface area contributed by atoms with E-state index in [9.17, 15) is 13.2 Å². The quantitative estimate of drug-likeness (QED) is 0.904. The highest BCUT2D eigenvalue weighted by Gasteiger charge is 2.29. The third-order valence-electron chi connectivity index (χ3n) is 2.99. The van der Waals surface area contributed by atoms with Gasteiger partial charge in [0.15, 0.2) is 0 Å². The molecule has 0 atom stereocenters. The highest BCUT2D eigenvalue weighted by Crippen LogP contribution is 2.23. The molecule has 1 aromatic rings. The monoisotopic (exact) mass is 288 g/mol. The third kappa shape index (κ3) is 5.82. The summed E-state index contributed by atoms with van der Waals surface area (Å²) in [6.45, 7) is 7.92. The summed E-state index contributed by atoms with van der Waals surface area (Å²) in [6.07, 6.45) is -4.19. The van der Waals surface area contributed by atoms with E-state index in [1.165, 1.54) is 11.9 Å². The molecule has 0 amide bonds. The van der Waals surface area contributed by atoms with E-state index < -0.39 is 12.7 Å². The van der Waals surface area contributed by atoms with E-state index in [-0.39, 0.29) is 5.54 Å². The lowest BCUT2D eigenvalue weighted by molar-refractivity contribution is -0.119. The van der Waals surface area contributed by atoms with Crippen molar-refractivity contribution in [3.8, 4) is 0 Å². The first-order valence-corrected chi connectivity index (χ1v) is 6.60. The van der Waals surface area contributed by atoms with E-state index >= 15 is 0 Å². The number of halogens is 3. The Kier molecular flexibility index (Phi) is 5.08. The van der Waals surface area contributed by atoms with Crippen molar-refractivity contribution in [1.29, 1.82) is 0 Å². The fourth-order valence-electron chi connectivity index (χ4n) is 1.84. The zero-order chi connectivity index (χ0) is 15.6. The minimum atomic E-state index is -4.19. The molecular formula is C15H23F3N2. The van der Waals surface area contributed by atoms with Crippen LogP contribution in [0, 0.1) is 6.92 Å². The highest BCUT2D eigenvalue weighted by atomic mass is 19.4. The summed E-state index contributed by atoms with van der Waals surface area (Å²) in [5.74, 6) is 0. The molecule has 20 heavy (non-hydrogen) atoms. The van der Waals surface area contributed by atoms with Crippen molar-refractivity contribution in [3.63, 3.8) is 0 Å². The Bertz CT molecular complexity index is 447. The molecule has 1 N–H and O–H groups in total. The van der Waals surface area contributed by atoms with Gasteiger partial charge < -0.3 is 10.2 Å². The molecule has 0 aromatic heterocycles. The SMILES string of the molecule is Cc1cc(N(C)CC(F)(F)F)ccc1CNC(C)(C)C. The number of nitrogens with one attached hydrogen (secondary N) is 1. The van der Waals surface area contributed by atoms with Gasteiger partial charge in [-0.3, -0.25) is 0 Å². The number of rotatable bonds is 4. The molecule has 114 valence electrons. The average molecular weight is 288 g/mol. The van der Waals surface area contributed by atoms with Crippen molar-refractivity contribution in [2.45, 2.75) is 46.0 Å². The second-order valence-electron chi connectivity index (χ2n) is 6.19. The van der Waals surface area contributed by atoms with Gasteiger partial charge in [-0.25, -0.2) is 0 Å². The number of anilines is 1. The molecule has 5 heteroatoms. The lowest BCUT2D eigenvalue weighted by Crippen LogP contribution is -2.35. The van der Waals surface area contributed by atoms with E-state index in [4.69, 9.17) is 0 Å².